The van der Waals surface area contributed by atoms with E-state index in [1.807, 2.05) is 24.3 Å². The summed E-state index contributed by atoms with van der Waals surface area (Å²) >= 11 is 0. The second kappa shape index (κ2) is 4.67. The molecule has 1 saturated carbocycles. The van der Waals surface area contributed by atoms with Gasteiger partial charge in [0, 0.05) is 0 Å². The lowest BCUT2D eigenvalue weighted by Gasteiger charge is -2.13. The zero-order chi connectivity index (χ0) is 10.7. The van der Waals surface area contributed by atoms with Gasteiger partial charge in [-0.2, -0.15) is 0 Å². The maximum absolute atomic E-state index is 9.36. The average Bonchev–Trinajstić information content (AvgIpc) is 2.71. The molecule has 1 aliphatic rings. The predicted molar refractivity (Wildman–Crippen MR) is 60.0 cm³/mol. The predicted octanol–water partition coefficient (Wildman–Crippen LogP) is 3.06. The van der Waals surface area contributed by atoms with E-state index in [2.05, 4.69) is 0 Å². The highest BCUT2D eigenvalue weighted by Gasteiger charge is 2.16. The quantitative estimate of drug-likeness (QED) is 0.823. The van der Waals surface area contributed by atoms with Crippen LogP contribution in [0.15, 0.2) is 24.3 Å². The molecule has 1 atom stereocenters. The highest BCUT2D eigenvalue weighted by Crippen LogP contribution is 2.25. The summed E-state index contributed by atoms with van der Waals surface area (Å²) in [6, 6.07) is 7.74. The Labute approximate surface area is 90.9 Å². The molecule has 1 fully saturated rings. The van der Waals surface area contributed by atoms with Crippen LogP contribution in [0.3, 0.4) is 0 Å². The number of benzene rings is 1. The van der Waals surface area contributed by atoms with Gasteiger partial charge in [0.15, 0.2) is 0 Å². The van der Waals surface area contributed by atoms with Crippen LogP contribution in [-0.4, -0.2) is 11.2 Å². The van der Waals surface area contributed by atoms with Gasteiger partial charge in [-0.15, -0.1) is 0 Å². The van der Waals surface area contributed by atoms with E-state index in [9.17, 15) is 5.11 Å². The molecule has 0 aromatic heterocycles. The van der Waals surface area contributed by atoms with E-state index >= 15 is 0 Å². The maximum atomic E-state index is 9.36. The normalized spacial score (nSPS) is 19.1. The Morgan fingerprint density at radius 2 is 1.80 bits per heavy atom. The fourth-order valence-corrected chi connectivity index (χ4v) is 2.02. The van der Waals surface area contributed by atoms with Crippen molar-refractivity contribution in [2.75, 3.05) is 0 Å². The second-order valence-electron chi connectivity index (χ2n) is 4.27. The van der Waals surface area contributed by atoms with Crippen LogP contribution < -0.4 is 4.74 Å². The highest BCUT2D eigenvalue weighted by atomic mass is 16.5. The van der Waals surface area contributed by atoms with E-state index in [-0.39, 0.29) is 0 Å². The lowest BCUT2D eigenvalue weighted by molar-refractivity contribution is 0.197. The third-order valence-electron chi connectivity index (χ3n) is 2.97. The third kappa shape index (κ3) is 2.72. The Bertz CT molecular complexity index is 297. The van der Waals surface area contributed by atoms with Crippen molar-refractivity contribution in [2.45, 2.75) is 44.8 Å². The van der Waals surface area contributed by atoms with E-state index in [0.29, 0.717) is 6.10 Å². The molecule has 0 spiro atoms. The Morgan fingerprint density at radius 3 is 2.33 bits per heavy atom. The summed E-state index contributed by atoms with van der Waals surface area (Å²) in [5.74, 6) is 0.923. The van der Waals surface area contributed by atoms with Crippen molar-refractivity contribution >= 4 is 0 Å². The van der Waals surface area contributed by atoms with Gasteiger partial charge in [-0.3, -0.25) is 0 Å². The molecular formula is C13H18O2. The molecule has 15 heavy (non-hydrogen) atoms. The van der Waals surface area contributed by atoms with Crippen LogP contribution in [0.5, 0.6) is 5.75 Å². The van der Waals surface area contributed by atoms with Gasteiger partial charge in [0.2, 0.25) is 0 Å². The first-order chi connectivity index (χ1) is 7.25. The molecule has 2 nitrogen and oxygen atoms in total. The van der Waals surface area contributed by atoms with Gasteiger partial charge in [0.05, 0.1) is 12.2 Å². The zero-order valence-electron chi connectivity index (χ0n) is 9.15. The van der Waals surface area contributed by atoms with Crippen LogP contribution >= 0.6 is 0 Å². The molecule has 0 saturated heterocycles. The van der Waals surface area contributed by atoms with Gasteiger partial charge in [-0.25, -0.2) is 0 Å². The van der Waals surface area contributed by atoms with Crippen LogP contribution in [0.25, 0.3) is 0 Å². The van der Waals surface area contributed by atoms with E-state index in [0.717, 1.165) is 11.3 Å². The van der Waals surface area contributed by atoms with Gasteiger partial charge < -0.3 is 9.84 Å². The summed E-state index contributed by atoms with van der Waals surface area (Å²) in [5, 5.41) is 9.36. The molecule has 2 heteroatoms. The van der Waals surface area contributed by atoms with Crippen LogP contribution in [0.2, 0.25) is 0 Å². The Hall–Kier alpha value is -1.02. The molecule has 0 amide bonds. The topological polar surface area (TPSA) is 29.5 Å². The molecule has 1 N–H and O–H groups in total. The minimum absolute atomic E-state index is 0.398. The van der Waals surface area contributed by atoms with E-state index in [4.69, 9.17) is 4.74 Å². The molecule has 0 aliphatic heterocycles. The van der Waals surface area contributed by atoms with Crippen LogP contribution in [-0.2, 0) is 0 Å². The first-order valence-corrected chi connectivity index (χ1v) is 5.70. The fourth-order valence-electron chi connectivity index (χ4n) is 2.02. The number of ether oxygens (including phenoxy) is 1. The molecule has 0 bridgehead atoms. The Morgan fingerprint density at radius 1 is 1.20 bits per heavy atom. The van der Waals surface area contributed by atoms with Crippen molar-refractivity contribution in [1.82, 2.24) is 0 Å². The van der Waals surface area contributed by atoms with Crippen LogP contribution in [0.4, 0.5) is 0 Å². The van der Waals surface area contributed by atoms with Crippen molar-refractivity contribution < 1.29 is 9.84 Å². The van der Waals surface area contributed by atoms with Gasteiger partial charge in [0.1, 0.15) is 5.75 Å². The summed E-state index contributed by atoms with van der Waals surface area (Å²) in [6.07, 6.45) is 4.94. The lowest BCUT2D eigenvalue weighted by atomic mass is 10.1. The van der Waals surface area contributed by atoms with Crippen molar-refractivity contribution in [3.05, 3.63) is 29.8 Å². The summed E-state index contributed by atoms with van der Waals surface area (Å²) < 4.78 is 5.83. The van der Waals surface area contributed by atoms with Crippen LogP contribution in [0.1, 0.15) is 44.3 Å². The Kier molecular flexibility index (Phi) is 3.27. The molecular weight excluding hydrogens is 188 g/mol. The minimum atomic E-state index is -0.398. The monoisotopic (exact) mass is 206 g/mol. The minimum Gasteiger partial charge on any atom is -0.490 e. The van der Waals surface area contributed by atoms with Gasteiger partial charge >= 0.3 is 0 Å². The average molecular weight is 206 g/mol. The summed E-state index contributed by atoms with van der Waals surface area (Å²) in [4.78, 5) is 0. The molecule has 1 aromatic carbocycles. The SMILES string of the molecule is C[C@@H](O)c1ccc(OC2CCCC2)cc1. The molecule has 1 aromatic rings. The standard InChI is InChI=1S/C13H18O2/c1-10(14)11-6-8-13(9-7-11)15-12-4-2-3-5-12/h6-10,12,14H,2-5H2,1H3/t10-/m1/s1. The number of rotatable bonds is 3. The smallest absolute Gasteiger partial charge is 0.119 e. The lowest BCUT2D eigenvalue weighted by Crippen LogP contribution is -2.10. The fraction of sp³-hybridized carbons (Fsp3) is 0.538. The molecule has 1 aliphatic carbocycles. The summed E-state index contributed by atoms with van der Waals surface area (Å²) in [7, 11) is 0. The third-order valence-corrected chi connectivity index (χ3v) is 2.97. The molecule has 0 radical (unpaired) electrons. The number of aliphatic hydroxyl groups is 1. The molecule has 2 rings (SSSR count). The number of hydrogen-bond donors (Lipinski definition) is 1. The van der Waals surface area contributed by atoms with Crippen molar-refractivity contribution in [3.63, 3.8) is 0 Å². The zero-order valence-corrected chi connectivity index (χ0v) is 9.15. The first-order valence-electron chi connectivity index (χ1n) is 5.70. The number of aliphatic hydroxyl groups excluding tert-OH is 1. The Balaban J connectivity index is 1.97. The van der Waals surface area contributed by atoms with Crippen molar-refractivity contribution in [2.24, 2.45) is 0 Å². The summed E-state index contributed by atoms with van der Waals surface area (Å²) in [6.45, 7) is 1.77. The molecule has 0 heterocycles. The summed E-state index contributed by atoms with van der Waals surface area (Å²) in [5.41, 5.74) is 0.939. The van der Waals surface area contributed by atoms with E-state index in [1.165, 1.54) is 25.7 Å². The van der Waals surface area contributed by atoms with E-state index in [1.54, 1.807) is 6.92 Å². The van der Waals surface area contributed by atoms with Gasteiger partial charge in [0.25, 0.3) is 0 Å². The molecule has 82 valence electrons. The molecule has 0 unspecified atom stereocenters. The van der Waals surface area contributed by atoms with Crippen molar-refractivity contribution in [3.8, 4) is 5.75 Å². The second-order valence-corrected chi connectivity index (χ2v) is 4.27. The van der Waals surface area contributed by atoms with E-state index < -0.39 is 6.10 Å². The van der Waals surface area contributed by atoms with Gasteiger partial charge in [-0.05, 0) is 50.3 Å². The van der Waals surface area contributed by atoms with Crippen molar-refractivity contribution in [1.29, 1.82) is 0 Å². The number of hydrogen-bond acceptors (Lipinski definition) is 2. The highest BCUT2D eigenvalue weighted by molar-refractivity contribution is 5.28. The first kappa shape index (κ1) is 10.5. The largest absolute Gasteiger partial charge is 0.490 e. The maximum Gasteiger partial charge on any atom is 0.119 e. The van der Waals surface area contributed by atoms with Crippen LogP contribution in [0, 0.1) is 0 Å². The van der Waals surface area contributed by atoms with Gasteiger partial charge in [-0.1, -0.05) is 12.1 Å².